The zero-order valence-electron chi connectivity index (χ0n) is 9.70. The lowest BCUT2D eigenvalue weighted by molar-refractivity contribution is 0.626. The van der Waals surface area contributed by atoms with Gasteiger partial charge >= 0.3 is 0 Å². The van der Waals surface area contributed by atoms with Crippen LogP contribution in [0.1, 0.15) is 17.0 Å². The maximum absolute atomic E-state index is 13.3. The Morgan fingerprint density at radius 1 is 1.50 bits per heavy atom. The molecule has 2 aromatic rings. The standard InChI is InChI=1S/C11H12FN5S/c1-6-15-11(17-16-6)18-5-7-2-8(10(13)14)4-9(12)3-7/h2-4H,5H2,1H3,(H3,13,14)(H,15,16,17). The maximum Gasteiger partial charge on any atom is 0.208 e. The summed E-state index contributed by atoms with van der Waals surface area (Å²) in [4.78, 5) is 4.14. The molecule has 18 heavy (non-hydrogen) atoms. The van der Waals surface area contributed by atoms with Gasteiger partial charge in [-0.15, -0.1) is 5.10 Å². The minimum atomic E-state index is -0.399. The van der Waals surface area contributed by atoms with Crippen molar-refractivity contribution in [2.75, 3.05) is 0 Å². The Hall–Kier alpha value is -1.89. The van der Waals surface area contributed by atoms with Crippen molar-refractivity contribution in [2.24, 2.45) is 5.73 Å². The second kappa shape index (κ2) is 5.18. The monoisotopic (exact) mass is 265 g/mol. The molecule has 0 spiro atoms. The van der Waals surface area contributed by atoms with E-state index in [0.717, 1.165) is 11.4 Å². The van der Waals surface area contributed by atoms with Gasteiger partial charge in [0.1, 0.15) is 17.5 Å². The molecule has 0 unspecified atom stereocenters. The highest BCUT2D eigenvalue weighted by Crippen LogP contribution is 2.20. The number of amidine groups is 1. The van der Waals surface area contributed by atoms with Crippen LogP contribution in [-0.2, 0) is 5.75 Å². The fourth-order valence-electron chi connectivity index (χ4n) is 1.42. The zero-order valence-corrected chi connectivity index (χ0v) is 10.5. The summed E-state index contributed by atoms with van der Waals surface area (Å²) in [6.45, 7) is 1.81. The highest BCUT2D eigenvalue weighted by molar-refractivity contribution is 7.98. The molecular weight excluding hydrogens is 253 g/mol. The molecular formula is C11H12FN5S. The van der Waals surface area contributed by atoms with Crippen LogP contribution in [0.4, 0.5) is 4.39 Å². The number of nitrogen functional groups attached to an aromatic ring is 1. The van der Waals surface area contributed by atoms with Crippen molar-refractivity contribution in [1.29, 1.82) is 5.41 Å². The van der Waals surface area contributed by atoms with Gasteiger partial charge in [0.15, 0.2) is 0 Å². The molecule has 0 saturated heterocycles. The van der Waals surface area contributed by atoms with E-state index in [2.05, 4.69) is 15.2 Å². The summed E-state index contributed by atoms with van der Waals surface area (Å²) in [5.41, 5.74) is 6.47. The first kappa shape index (κ1) is 12.6. The third kappa shape index (κ3) is 3.07. The Labute approximate surface area is 108 Å². The Morgan fingerprint density at radius 3 is 2.89 bits per heavy atom. The lowest BCUT2D eigenvalue weighted by Gasteiger charge is -2.03. The largest absolute Gasteiger partial charge is 0.384 e. The molecule has 0 amide bonds. The number of nitrogens with zero attached hydrogens (tertiary/aromatic N) is 2. The van der Waals surface area contributed by atoms with E-state index in [-0.39, 0.29) is 5.84 Å². The van der Waals surface area contributed by atoms with Crippen molar-refractivity contribution >= 4 is 17.6 Å². The molecule has 0 fully saturated rings. The first-order valence-electron chi connectivity index (χ1n) is 5.20. The summed E-state index contributed by atoms with van der Waals surface area (Å²) in [7, 11) is 0. The van der Waals surface area contributed by atoms with Gasteiger partial charge in [-0.1, -0.05) is 11.8 Å². The van der Waals surface area contributed by atoms with Crippen LogP contribution in [-0.4, -0.2) is 21.0 Å². The zero-order chi connectivity index (χ0) is 13.1. The van der Waals surface area contributed by atoms with Gasteiger partial charge in [0.25, 0.3) is 0 Å². The smallest absolute Gasteiger partial charge is 0.208 e. The molecule has 4 N–H and O–H groups in total. The van der Waals surface area contributed by atoms with Crippen LogP contribution in [0.2, 0.25) is 0 Å². The van der Waals surface area contributed by atoms with Crippen LogP contribution >= 0.6 is 11.8 Å². The van der Waals surface area contributed by atoms with Crippen LogP contribution < -0.4 is 5.73 Å². The molecule has 0 saturated carbocycles. The number of thioether (sulfide) groups is 1. The fraction of sp³-hybridized carbons (Fsp3) is 0.182. The summed E-state index contributed by atoms with van der Waals surface area (Å²) in [6.07, 6.45) is 0. The van der Waals surface area contributed by atoms with Crippen molar-refractivity contribution in [1.82, 2.24) is 15.2 Å². The van der Waals surface area contributed by atoms with Crippen molar-refractivity contribution in [3.8, 4) is 0 Å². The minimum absolute atomic E-state index is 0.144. The minimum Gasteiger partial charge on any atom is -0.384 e. The first-order chi connectivity index (χ1) is 8.54. The molecule has 0 radical (unpaired) electrons. The van der Waals surface area contributed by atoms with E-state index < -0.39 is 5.82 Å². The Kier molecular flexibility index (Phi) is 3.61. The van der Waals surface area contributed by atoms with Crippen molar-refractivity contribution in [2.45, 2.75) is 17.8 Å². The predicted octanol–water partition coefficient (Wildman–Crippen LogP) is 1.83. The third-order valence-electron chi connectivity index (χ3n) is 2.21. The number of aromatic nitrogens is 3. The van der Waals surface area contributed by atoms with E-state index in [1.165, 1.54) is 23.9 Å². The number of aryl methyl sites for hydroxylation is 1. The van der Waals surface area contributed by atoms with Gasteiger partial charge in [-0.3, -0.25) is 10.5 Å². The second-order valence-electron chi connectivity index (χ2n) is 3.75. The van der Waals surface area contributed by atoms with E-state index in [9.17, 15) is 4.39 Å². The Bertz CT molecular complexity index is 581. The Balaban J connectivity index is 2.11. The summed E-state index contributed by atoms with van der Waals surface area (Å²) in [5, 5.41) is 14.6. The number of nitrogens with one attached hydrogen (secondary N) is 2. The molecule has 2 rings (SSSR count). The van der Waals surface area contributed by atoms with Gasteiger partial charge in [0.05, 0.1) is 0 Å². The molecule has 94 valence electrons. The summed E-state index contributed by atoms with van der Waals surface area (Å²) in [6, 6.07) is 4.35. The van der Waals surface area contributed by atoms with E-state index in [1.807, 2.05) is 6.92 Å². The Morgan fingerprint density at radius 2 is 2.28 bits per heavy atom. The molecule has 1 aromatic carbocycles. The van der Waals surface area contributed by atoms with Crippen LogP contribution in [0, 0.1) is 18.2 Å². The molecule has 0 aliphatic carbocycles. The summed E-state index contributed by atoms with van der Waals surface area (Å²) >= 11 is 1.39. The molecule has 1 heterocycles. The topological polar surface area (TPSA) is 91.4 Å². The van der Waals surface area contributed by atoms with Gasteiger partial charge < -0.3 is 5.73 Å². The highest BCUT2D eigenvalue weighted by Gasteiger charge is 2.06. The maximum atomic E-state index is 13.3. The van der Waals surface area contributed by atoms with Crippen molar-refractivity contribution in [3.63, 3.8) is 0 Å². The number of halogens is 1. The SMILES string of the molecule is Cc1nc(SCc2cc(F)cc(C(=N)N)c2)n[nH]1. The molecule has 7 heteroatoms. The number of hydrogen-bond acceptors (Lipinski definition) is 4. The number of rotatable bonds is 4. The van der Waals surface area contributed by atoms with Crippen LogP contribution in [0.25, 0.3) is 0 Å². The molecule has 5 nitrogen and oxygen atoms in total. The van der Waals surface area contributed by atoms with E-state index in [1.54, 1.807) is 6.07 Å². The second-order valence-corrected chi connectivity index (χ2v) is 4.70. The van der Waals surface area contributed by atoms with Crippen molar-refractivity contribution in [3.05, 3.63) is 41.0 Å². The summed E-state index contributed by atoms with van der Waals surface area (Å²) < 4.78 is 13.3. The third-order valence-corrected chi connectivity index (χ3v) is 3.13. The van der Waals surface area contributed by atoms with E-state index in [0.29, 0.717) is 16.5 Å². The molecule has 0 aliphatic rings. The van der Waals surface area contributed by atoms with Gasteiger partial charge in [-0.25, -0.2) is 9.37 Å². The molecule has 0 bridgehead atoms. The summed E-state index contributed by atoms with van der Waals surface area (Å²) in [5.74, 6) is 0.718. The number of nitrogens with two attached hydrogens (primary N) is 1. The number of hydrogen-bond donors (Lipinski definition) is 3. The highest BCUT2D eigenvalue weighted by atomic mass is 32.2. The molecule has 0 atom stereocenters. The predicted molar refractivity (Wildman–Crippen MR) is 68.1 cm³/mol. The average Bonchev–Trinajstić information content (AvgIpc) is 2.72. The number of aromatic amines is 1. The van der Waals surface area contributed by atoms with Gasteiger partial charge in [-0.2, -0.15) is 0 Å². The van der Waals surface area contributed by atoms with E-state index in [4.69, 9.17) is 11.1 Å². The first-order valence-corrected chi connectivity index (χ1v) is 6.19. The number of benzene rings is 1. The fourth-order valence-corrected chi connectivity index (χ4v) is 2.20. The lowest BCUT2D eigenvalue weighted by Crippen LogP contribution is -2.11. The normalized spacial score (nSPS) is 10.6. The van der Waals surface area contributed by atoms with E-state index >= 15 is 0 Å². The average molecular weight is 265 g/mol. The number of H-pyrrole nitrogens is 1. The van der Waals surface area contributed by atoms with Gasteiger partial charge in [-0.05, 0) is 30.7 Å². The van der Waals surface area contributed by atoms with Crippen LogP contribution in [0.5, 0.6) is 0 Å². The molecule has 0 aliphatic heterocycles. The quantitative estimate of drug-likeness (QED) is 0.447. The van der Waals surface area contributed by atoms with Crippen LogP contribution in [0.3, 0.4) is 0 Å². The van der Waals surface area contributed by atoms with Crippen molar-refractivity contribution < 1.29 is 4.39 Å². The van der Waals surface area contributed by atoms with Gasteiger partial charge in [0.2, 0.25) is 5.16 Å². The lowest BCUT2D eigenvalue weighted by atomic mass is 10.1. The van der Waals surface area contributed by atoms with Crippen LogP contribution in [0.15, 0.2) is 23.4 Å². The van der Waals surface area contributed by atoms with Gasteiger partial charge in [0, 0.05) is 11.3 Å². The molecule has 1 aromatic heterocycles.